The van der Waals surface area contributed by atoms with Crippen LogP contribution in [0.4, 0.5) is 0 Å². The van der Waals surface area contributed by atoms with E-state index in [1.54, 1.807) is 25.1 Å². The fourth-order valence-electron chi connectivity index (χ4n) is 1.34. The molecule has 0 fully saturated rings. The minimum Gasteiger partial charge on any atom is -0.351 e. The van der Waals surface area contributed by atoms with Crippen LogP contribution in [0, 0.1) is 6.92 Å². The van der Waals surface area contributed by atoms with Gasteiger partial charge in [0.1, 0.15) is 0 Å². The molecule has 1 N–H and O–H groups in total. The summed E-state index contributed by atoms with van der Waals surface area (Å²) in [4.78, 5) is 11.6. The van der Waals surface area contributed by atoms with Crippen LogP contribution in [-0.4, -0.2) is 11.1 Å². The van der Waals surface area contributed by atoms with E-state index in [1.807, 2.05) is 12.1 Å². The topological polar surface area (TPSA) is 55.1 Å². The summed E-state index contributed by atoms with van der Waals surface area (Å²) in [5, 5.41) is 7.06. The van der Waals surface area contributed by atoms with Crippen LogP contribution in [0.1, 0.15) is 21.8 Å². The van der Waals surface area contributed by atoms with Crippen LogP contribution >= 0.6 is 11.6 Å². The first kappa shape index (κ1) is 11.7. The summed E-state index contributed by atoms with van der Waals surface area (Å²) in [6.45, 7) is 2.19. The van der Waals surface area contributed by atoms with Crippen LogP contribution in [0.5, 0.6) is 0 Å². The zero-order valence-corrected chi connectivity index (χ0v) is 9.99. The molecule has 0 aliphatic carbocycles. The average molecular weight is 251 g/mol. The summed E-state index contributed by atoms with van der Waals surface area (Å²) in [7, 11) is 0. The zero-order chi connectivity index (χ0) is 12.3. The molecule has 0 spiro atoms. The number of nitrogens with zero attached hydrogens (tertiary/aromatic N) is 1. The first-order valence-corrected chi connectivity index (χ1v) is 5.49. The lowest BCUT2D eigenvalue weighted by molar-refractivity contribution is 0.0914. The molecule has 0 radical (unpaired) electrons. The number of aromatic nitrogens is 1. The molecule has 1 heterocycles. The van der Waals surface area contributed by atoms with E-state index in [0.29, 0.717) is 17.3 Å². The van der Waals surface area contributed by atoms with Crippen molar-refractivity contribution < 1.29 is 9.32 Å². The predicted octanol–water partition coefficient (Wildman–Crippen LogP) is 2.57. The largest absolute Gasteiger partial charge is 0.351 e. The van der Waals surface area contributed by atoms with Crippen molar-refractivity contribution in [2.75, 3.05) is 0 Å². The van der Waals surface area contributed by atoms with Gasteiger partial charge in [0.25, 0.3) is 5.91 Å². The van der Waals surface area contributed by atoms with Crippen LogP contribution in [0.15, 0.2) is 34.9 Å². The van der Waals surface area contributed by atoms with E-state index in [0.717, 1.165) is 5.56 Å². The van der Waals surface area contributed by atoms with Crippen LogP contribution in [0.25, 0.3) is 0 Å². The molecule has 0 aliphatic rings. The molecule has 5 heteroatoms. The van der Waals surface area contributed by atoms with Crippen molar-refractivity contribution in [3.05, 3.63) is 52.4 Å². The quantitative estimate of drug-likeness (QED) is 0.911. The summed E-state index contributed by atoms with van der Waals surface area (Å²) in [6.07, 6.45) is 0. The molecule has 2 aromatic rings. The first-order chi connectivity index (χ1) is 8.15. The molecule has 1 aromatic carbocycles. The summed E-state index contributed by atoms with van der Waals surface area (Å²) in [5.41, 5.74) is 1.65. The lowest BCUT2D eigenvalue weighted by atomic mass is 10.2. The summed E-state index contributed by atoms with van der Waals surface area (Å²) >= 11 is 5.76. The van der Waals surface area contributed by atoms with Crippen molar-refractivity contribution in [3.63, 3.8) is 0 Å². The molecule has 88 valence electrons. The van der Waals surface area contributed by atoms with Crippen molar-refractivity contribution >= 4 is 17.5 Å². The number of rotatable bonds is 3. The fraction of sp³-hybridized carbons (Fsp3) is 0.167. The van der Waals surface area contributed by atoms with Gasteiger partial charge in [-0.25, -0.2) is 0 Å². The molecule has 0 bridgehead atoms. The van der Waals surface area contributed by atoms with Crippen molar-refractivity contribution in [2.24, 2.45) is 0 Å². The molecule has 4 nitrogen and oxygen atoms in total. The lowest BCUT2D eigenvalue weighted by Crippen LogP contribution is -2.22. The molecule has 0 unspecified atom stereocenters. The van der Waals surface area contributed by atoms with Gasteiger partial charge in [0, 0.05) is 17.6 Å². The van der Waals surface area contributed by atoms with Gasteiger partial charge in [-0.1, -0.05) is 28.9 Å². The number of carbonyl (C=O) groups excluding carboxylic acids is 1. The highest BCUT2D eigenvalue weighted by atomic mass is 35.5. The van der Waals surface area contributed by atoms with E-state index in [-0.39, 0.29) is 11.7 Å². The number of aryl methyl sites for hydroxylation is 1. The highest BCUT2D eigenvalue weighted by Gasteiger charge is 2.10. The maximum atomic E-state index is 11.6. The van der Waals surface area contributed by atoms with Gasteiger partial charge in [0.05, 0.1) is 5.69 Å². The standard InChI is InChI=1S/C12H11ClN2O2/c1-8-6-11(17-15-8)12(16)14-7-9-2-4-10(13)5-3-9/h2-6H,7H2,1H3,(H,14,16). The van der Waals surface area contributed by atoms with Crippen LogP contribution in [-0.2, 0) is 6.54 Å². The van der Waals surface area contributed by atoms with Crippen molar-refractivity contribution in [1.82, 2.24) is 10.5 Å². The second kappa shape index (κ2) is 5.01. The lowest BCUT2D eigenvalue weighted by Gasteiger charge is -2.02. The zero-order valence-electron chi connectivity index (χ0n) is 9.24. The van der Waals surface area contributed by atoms with Gasteiger partial charge >= 0.3 is 0 Å². The van der Waals surface area contributed by atoms with Gasteiger partial charge in [-0.05, 0) is 24.6 Å². The number of hydrogen-bond donors (Lipinski definition) is 1. The second-order valence-corrected chi connectivity index (χ2v) is 4.08. The number of amides is 1. The van der Waals surface area contributed by atoms with E-state index in [1.165, 1.54) is 0 Å². The Labute approximate surface area is 104 Å². The number of hydrogen-bond acceptors (Lipinski definition) is 3. The van der Waals surface area contributed by atoms with Gasteiger partial charge in [-0.3, -0.25) is 4.79 Å². The Bertz CT molecular complexity index is 520. The van der Waals surface area contributed by atoms with E-state index in [2.05, 4.69) is 10.5 Å². The highest BCUT2D eigenvalue weighted by molar-refractivity contribution is 6.30. The number of nitrogens with one attached hydrogen (secondary N) is 1. The maximum Gasteiger partial charge on any atom is 0.290 e. The SMILES string of the molecule is Cc1cc(C(=O)NCc2ccc(Cl)cc2)on1. The Kier molecular flexibility index (Phi) is 3.44. The van der Waals surface area contributed by atoms with E-state index in [9.17, 15) is 4.79 Å². The van der Waals surface area contributed by atoms with E-state index >= 15 is 0 Å². The number of halogens is 1. The number of benzene rings is 1. The average Bonchev–Trinajstić information content (AvgIpc) is 2.75. The summed E-state index contributed by atoms with van der Waals surface area (Å²) in [5.74, 6) is -0.0583. The van der Waals surface area contributed by atoms with Crippen molar-refractivity contribution in [3.8, 4) is 0 Å². The molecule has 0 saturated carbocycles. The summed E-state index contributed by atoms with van der Waals surface area (Å²) in [6, 6.07) is 8.86. The Hall–Kier alpha value is -1.81. The first-order valence-electron chi connectivity index (χ1n) is 5.11. The van der Waals surface area contributed by atoms with Gasteiger partial charge in [0.2, 0.25) is 5.76 Å². The van der Waals surface area contributed by atoms with E-state index in [4.69, 9.17) is 16.1 Å². The molecular formula is C12H11ClN2O2. The molecular weight excluding hydrogens is 240 g/mol. The Morgan fingerprint density at radius 3 is 2.71 bits per heavy atom. The molecule has 0 atom stereocenters. The van der Waals surface area contributed by atoms with Gasteiger partial charge in [-0.2, -0.15) is 0 Å². The third-order valence-electron chi connectivity index (χ3n) is 2.22. The Morgan fingerprint density at radius 1 is 1.41 bits per heavy atom. The fourth-order valence-corrected chi connectivity index (χ4v) is 1.47. The number of carbonyl (C=O) groups is 1. The third-order valence-corrected chi connectivity index (χ3v) is 2.47. The molecule has 2 rings (SSSR count). The molecule has 17 heavy (non-hydrogen) atoms. The third kappa shape index (κ3) is 3.07. The Balaban J connectivity index is 1.94. The minimum absolute atomic E-state index is 0.219. The monoisotopic (exact) mass is 250 g/mol. The molecule has 0 saturated heterocycles. The normalized spacial score (nSPS) is 10.2. The molecule has 1 amide bonds. The van der Waals surface area contributed by atoms with Gasteiger partial charge < -0.3 is 9.84 Å². The van der Waals surface area contributed by atoms with Crippen LogP contribution in [0.3, 0.4) is 0 Å². The van der Waals surface area contributed by atoms with Crippen LogP contribution in [0.2, 0.25) is 5.02 Å². The summed E-state index contributed by atoms with van der Waals surface area (Å²) < 4.78 is 4.85. The predicted molar refractivity (Wildman–Crippen MR) is 63.9 cm³/mol. The second-order valence-electron chi connectivity index (χ2n) is 3.64. The minimum atomic E-state index is -0.277. The van der Waals surface area contributed by atoms with Gasteiger partial charge in [0.15, 0.2) is 0 Å². The van der Waals surface area contributed by atoms with Crippen molar-refractivity contribution in [2.45, 2.75) is 13.5 Å². The van der Waals surface area contributed by atoms with Crippen LogP contribution < -0.4 is 5.32 Å². The van der Waals surface area contributed by atoms with Gasteiger partial charge in [-0.15, -0.1) is 0 Å². The highest BCUT2D eigenvalue weighted by Crippen LogP contribution is 2.09. The maximum absolute atomic E-state index is 11.6. The van der Waals surface area contributed by atoms with Crippen molar-refractivity contribution in [1.29, 1.82) is 0 Å². The Morgan fingerprint density at radius 2 is 2.12 bits per heavy atom. The smallest absolute Gasteiger partial charge is 0.290 e. The van der Waals surface area contributed by atoms with E-state index < -0.39 is 0 Å². The molecule has 1 aromatic heterocycles. The molecule has 0 aliphatic heterocycles.